The van der Waals surface area contributed by atoms with Gasteiger partial charge in [-0.25, -0.2) is 0 Å². The monoisotopic (exact) mass is 468 g/mol. The van der Waals surface area contributed by atoms with Gasteiger partial charge in [-0.2, -0.15) is 5.26 Å². The van der Waals surface area contributed by atoms with Crippen LogP contribution in [-0.4, -0.2) is 31.3 Å². The van der Waals surface area contributed by atoms with E-state index in [4.69, 9.17) is 13.9 Å². The van der Waals surface area contributed by atoms with Gasteiger partial charge in [0.2, 0.25) is 9.04 Å². The van der Waals surface area contributed by atoms with Crippen LogP contribution in [0, 0.1) is 11.3 Å². The van der Waals surface area contributed by atoms with Crippen molar-refractivity contribution in [2.75, 3.05) is 0 Å². The van der Waals surface area contributed by atoms with E-state index in [1.165, 1.54) is 6.92 Å². The Bertz CT molecular complexity index is 1170. The number of ether oxygens (including phenoxy) is 2. The molecule has 0 N–H and O–H groups in total. The first-order valence-corrected chi connectivity index (χ1v) is 13.9. The molecule has 0 radical (unpaired) electrons. The van der Waals surface area contributed by atoms with Gasteiger partial charge in [-0.1, -0.05) is 20.8 Å². The molecule has 0 bridgehead atoms. The largest absolute Gasteiger partial charge is 0.543 e. The van der Waals surface area contributed by atoms with Gasteiger partial charge in [0.1, 0.15) is 17.4 Å². The van der Waals surface area contributed by atoms with E-state index in [2.05, 4.69) is 6.07 Å². The molecular weight excluding hydrogens is 436 g/mol. The molecule has 0 unspecified atom stereocenters. The molecule has 0 fully saturated rings. The van der Waals surface area contributed by atoms with Crippen molar-refractivity contribution >= 4 is 15.0 Å². The molecule has 0 aliphatic carbocycles. The van der Waals surface area contributed by atoms with Crippen molar-refractivity contribution in [2.24, 2.45) is 0 Å². The van der Waals surface area contributed by atoms with Crippen LogP contribution in [0.25, 0.3) is 0 Å². The summed E-state index contributed by atoms with van der Waals surface area (Å²) >= 11 is 0. The Morgan fingerprint density at radius 3 is 2.45 bits per heavy atom. The Morgan fingerprint density at radius 2 is 1.91 bits per heavy atom. The van der Waals surface area contributed by atoms with Gasteiger partial charge in [0.25, 0.3) is 5.56 Å². The molecule has 1 aliphatic rings. The average Bonchev–Trinajstić information content (AvgIpc) is 2.68. The zero-order valence-electron chi connectivity index (χ0n) is 20.6. The first-order valence-electron chi connectivity index (χ1n) is 11.1. The third-order valence-corrected chi connectivity index (χ3v) is 6.34. The van der Waals surface area contributed by atoms with E-state index in [-0.39, 0.29) is 11.0 Å². The lowest BCUT2D eigenvalue weighted by Crippen LogP contribution is -2.54. The van der Waals surface area contributed by atoms with E-state index in [9.17, 15) is 14.9 Å². The van der Waals surface area contributed by atoms with E-state index < -0.39 is 32.8 Å². The van der Waals surface area contributed by atoms with E-state index in [0.29, 0.717) is 22.6 Å². The lowest BCUT2D eigenvalue weighted by molar-refractivity contribution is -0.163. The number of pyridine rings is 1. The molecule has 2 atom stereocenters. The number of benzene rings is 1. The van der Waals surface area contributed by atoms with Crippen LogP contribution < -0.4 is 14.7 Å². The lowest BCUT2D eigenvalue weighted by Gasteiger charge is -2.44. The van der Waals surface area contributed by atoms with Gasteiger partial charge in [-0.3, -0.25) is 9.59 Å². The van der Waals surface area contributed by atoms with Crippen LogP contribution in [0.5, 0.6) is 11.5 Å². The molecule has 8 heteroatoms. The molecule has 0 saturated carbocycles. The maximum atomic E-state index is 13.9. The second-order valence-electron chi connectivity index (χ2n) is 10.2. The number of rotatable bonds is 4. The summed E-state index contributed by atoms with van der Waals surface area (Å²) in [5, 5.41) is 9.47. The van der Waals surface area contributed by atoms with Crippen molar-refractivity contribution in [1.82, 2.24) is 4.57 Å². The minimum atomic E-state index is -1.60. The maximum absolute atomic E-state index is 13.9. The third kappa shape index (κ3) is 4.83. The van der Waals surface area contributed by atoms with Crippen molar-refractivity contribution in [3.05, 3.63) is 57.5 Å². The molecule has 176 valence electrons. The predicted octanol–water partition coefficient (Wildman–Crippen LogP) is 4.07. The van der Waals surface area contributed by atoms with Gasteiger partial charge in [0.05, 0.1) is 11.6 Å². The Labute approximate surface area is 196 Å². The number of hydrogen-bond acceptors (Lipinski definition) is 6. The molecular formula is C25H32N2O5Si. The Hall–Kier alpha value is -3.05. The standard InChI is InChI=1S/C25H32N2O5Si/c1-15(28)30-22-20(17-13-16(14-26)9-10-19(17)31-25(22,5)6)27-12-11-18(24(2,3)4)21(23(27)29)32-33(7)8/h9-13,20,22,33H,1-8H3/t20-,22+/m1/s1. The van der Waals surface area contributed by atoms with Crippen molar-refractivity contribution in [3.8, 4) is 17.6 Å². The Morgan fingerprint density at radius 1 is 1.24 bits per heavy atom. The van der Waals surface area contributed by atoms with Crippen molar-refractivity contribution < 1.29 is 18.7 Å². The number of carbonyl (C=O) groups excluding carboxylic acids is 1. The highest BCUT2D eigenvalue weighted by Crippen LogP contribution is 2.44. The average molecular weight is 469 g/mol. The van der Waals surface area contributed by atoms with Gasteiger partial charge in [-0.05, 0) is 56.6 Å². The number of carbonyl (C=O) groups is 1. The summed E-state index contributed by atoms with van der Waals surface area (Å²) in [6.07, 6.45) is 0.919. The lowest BCUT2D eigenvalue weighted by atomic mass is 9.84. The quantitative estimate of drug-likeness (QED) is 0.496. The van der Waals surface area contributed by atoms with Crippen molar-refractivity contribution in [3.63, 3.8) is 0 Å². The van der Waals surface area contributed by atoms with Gasteiger partial charge in [-0.15, -0.1) is 0 Å². The molecule has 7 nitrogen and oxygen atoms in total. The molecule has 0 spiro atoms. The number of nitrogens with zero attached hydrogens (tertiary/aromatic N) is 2. The number of fused-ring (bicyclic) bond motifs is 1. The van der Waals surface area contributed by atoms with Gasteiger partial charge in [0, 0.05) is 24.2 Å². The van der Waals surface area contributed by atoms with Gasteiger partial charge >= 0.3 is 5.97 Å². The maximum Gasteiger partial charge on any atom is 0.303 e. The molecule has 0 saturated heterocycles. The number of esters is 1. The predicted molar refractivity (Wildman–Crippen MR) is 128 cm³/mol. The minimum absolute atomic E-state index is 0.295. The summed E-state index contributed by atoms with van der Waals surface area (Å²) in [5.41, 5.74) is 0.343. The number of hydrogen-bond donors (Lipinski definition) is 0. The SMILES string of the molecule is CC(=O)O[C@H]1[C@H](n2ccc(C(C)(C)C)c(O[SiH](C)C)c2=O)c2cc(C#N)ccc2OC1(C)C. The molecule has 2 aromatic rings. The molecule has 2 heterocycles. The summed E-state index contributed by atoms with van der Waals surface area (Å²) in [6.45, 7) is 15.1. The van der Waals surface area contributed by atoms with Crippen LogP contribution in [0.15, 0.2) is 35.3 Å². The first kappa shape index (κ1) is 24.6. The highest BCUT2D eigenvalue weighted by atomic mass is 28.3. The molecule has 3 rings (SSSR count). The number of aromatic nitrogens is 1. The molecule has 1 aliphatic heterocycles. The van der Waals surface area contributed by atoms with E-state index >= 15 is 0 Å². The van der Waals surface area contributed by atoms with E-state index in [1.54, 1.807) is 29.0 Å². The van der Waals surface area contributed by atoms with Gasteiger partial charge < -0.3 is 18.5 Å². The smallest absolute Gasteiger partial charge is 0.303 e. The minimum Gasteiger partial charge on any atom is -0.543 e. The highest BCUT2D eigenvalue weighted by molar-refractivity contribution is 6.49. The molecule has 1 aromatic heterocycles. The zero-order chi connectivity index (χ0) is 24.7. The fourth-order valence-corrected chi connectivity index (χ4v) is 4.90. The summed E-state index contributed by atoms with van der Waals surface area (Å²) in [6, 6.07) is 8.42. The Balaban J connectivity index is 2.35. The zero-order valence-corrected chi connectivity index (χ0v) is 21.7. The first-order chi connectivity index (χ1) is 15.3. The van der Waals surface area contributed by atoms with Gasteiger partial charge in [0.15, 0.2) is 11.9 Å². The van der Waals surface area contributed by atoms with Crippen molar-refractivity contribution in [2.45, 2.75) is 77.8 Å². The summed E-state index contributed by atoms with van der Waals surface area (Å²) in [5.74, 6) is 0.391. The van der Waals surface area contributed by atoms with E-state index in [1.807, 2.05) is 53.8 Å². The molecule has 1 aromatic carbocycles. The topological polar surface area (TPSA) is 90.5 Å². The van der Waals surface area contributed by atoms with Crippen LogP contribution in [0.2, 0.25) is 13.1 Å². The second-order valence-corrected chi connectivity index (χ2v) is 12.6. The number of nitriles is 1. The second kappa shape index (κ2) is 8.71. The summed E-state index contributed by atoms with van der Waals surface area (Å²) in [4.78, 5) is 25.9. The Kier molecular flexibility index (Phi) is 6.49. The summed E-state index contributed by atoms with van der Waals surface area (Å²) in [7, 11) is -1.60. The van der Waals surface area contributed by atoms with Crippen LogP contribution in [0.1, 0.15) is 64.3 Å². The van der Waals surface area contributed by atoms with Crippen LogP contribution >= 0.6 is 0 Å². The fraction of sp³-hybridized carbons (Fsp3) is 0.480. The summed E-state index contributed by atoms with van der Waals surface area (Å²) < 4.78 is 19.6. The third-order valence-electron chi connectivity index (χ3n) is 5.63. The van der Waals surface area contributed by atoms with Crippen molar-refractivity contribution in [1.29, 1.82) is 5.26 Å². The fourth-order valence-electron chi connectivity index (χ4n) is 4.20. The van der Waals surface area contributed by atoms with Crippen LogP contribution in [0.4, 0.5) is 0 Å². The molecule has 0 amide bonds. The van der Waals surface area contributed by atoms with Crippen LogP contribution in [0.3, 0.4) is 0 Å². The normalized spacial score (nSPS) is 19.3. The van der Waals surface area contributed by atoms with E-state index in [0.717, 1.165) is 5.56 Å². The molecule has 33 heavy (non-hydrogen) atoms. The van der Waals surface area contributed by atoms with Crippen LogP contribution in [-0.2, 0) is 14.9 Å². The highest BCUT2D eigenvalue weighted by Gasteiger charge is 2.48.